The van der Waals surface area contributed by atoms with E-state index in [1.165, 1.54) is 5.56 Å². The summed E-state index contributed by atoms with van der Waals surface area (Å²) in [6, 6.07) is 14.5. The van der Waals surface area contributed by atoms with Gasteiger partial charge in [0.2, 0.25) is 5.78 Å². The average molecular weight is 388 g/mol. The highest BCUT2D eigenvalue weighted by atomic mass is 16.6. The van der Waals surface area contributed by atoms with E-state index in [1.807, 2.05) is 38.1 Å². The minimum atomic E-state index is -0.468. The fourth-order valence-electron chi connectivity index (χ4n) is 2.01. The van der Waals surface area contributed by atoms with Gasteiger partial charge in [0.05, 0.1) is 26.4 Å². The molecule has 6 heteroatoms. The number of ether oxygens (including phenoxy) is 2. The van der Waals surface area contributed by atoms with Gasteiger partial charge in [-0.25, -0.2) is 0 Å². The molecular weight excluding hydrogens is 360 g/mol. The quantitative estimate of drug-likeness (QED) is 0.457. The predicted octanol–water partition coefficient (Wildman–Crippen LogP) is 2.78. The number of carbonyl (C=O) groups is 3. The SMILES string of the molecule is C1COCCO1.CC(=O)c1ccc(C)cc1.Cc1ccc(C(=O)C=O)cc1.O. The highest BCUT2D eigenvalue weighted by Crippen LogP contribution is 2.03. The summed E-state index contributed by atoms with van der Waals surface area (Å²) >= 11 is 0. The second-order valence-electron chi connectivity index (χ2n) is 6.00. The zero-order valence-electron chi connectivity index (χ0n) is 16.6. The molecule has 152 valence electrons. The lowest BCUT2D eigenvalue weighted by atomic mass is 10.1. The van der Waals surface area contributed by atoms with Gasteiger partial charge in [0.25, 0.3) is 0 Å². The van der Waals surface area contributed by atoms with Gasteiger partial charge >= 0.3 is 0 Å². The zero-order chi connectivity index (χ0) is 20.1. The third kappa shape index (κ3) is 10.5. The van der Waals surface area contributed by atoms with Gasteiger partial charge in [-0.1, -0.05) is 59.7 Å². The topological polar surface area (TPSA) is 101 Å². The Kier molecular flexibility index (Phi) is 13.0. The van der Waals surface area contributed by atoms with Crippen LogP contribution in [0, 0.1) is 13.8 Å². The highest BCUT2D eigenvalue weighted by Gasteiger charge is 2.01. The number of aldehydes is 1. The Morgan fingerprint density at radius 1 is 0.750 bits per heavy atom. The summed E-state index contributed by atoms with van der Waals surface area (Å²) in [7, 11) is 0. The van der Waals surface area contributed by atoms with E-state index in [0.29, 0.717) is 11.8 Å². The maximum absolute atomic E-state index is 10.8. The van der Waals surface area contributed by atoms with E-state index < -0.39 is 5.78 Å². The van der Waals surface area contributed by atoms with Gasteiger partial charge in [-0.05, 0) is 20.8 Å². The van der Waals surface area contributed by atoms with E-state index in [9.17, 15) is 14.4 Å². The Morgan fingerprint density at radius 3 is 1.39 bits per heavy atom. The molecule has 28 heavy (non-hydrogen) atoms. The number of hydrogen-bond donors (Lipinski definition) is 0. The van der Waals surface area contributed by atoms with Crippen molar-refractivity contribution in [3.63, 3.8) is 0 Å². The van der Waals surface area contributed by atoms with Crippen molar-refractivity contribution in [3.05, 3.63) is 70.8 Å². The molecular formula is C22H28O6. The van der Waals surface area contributed by atoms with Crippen LogP contribution < -0.4 is 0 Å². The third-order valence-corrected chi connectivity index (χ3v) is 3.65. The predicted molar refractivity (Wildman–Crippen MR) is 108 cm³/mol. The molecule has 0 bridgehead atoms. The average Bonchev–Trinajstić information content (AvgIpc) is 2.70. The number of hydrogen-bond acceptors (Lipinski definition) is 5. The van der Waals surface area contributed by atoms with Crippen molar-refractivity contribution in [2.45, 2.75) is 20.8 Å². The number of carbonyl (C=O) groups excluding carboxylic acids is 3. The van der Waals surface area contributed by atoms with Gasteiger partial charge in [0.1, 0.15) is 0 Å². The van der Waals surface area contributed by atoms with Crippen LogP contribution in [0.5, 0.6) is 0 Å². The largest absolute Gasteiger partial charge is 0.412 e. The van der Waals surface area contributed by atoms with Crippen LogP contribution in [0.15, 0.2) is 48.5 Å². The minimum absolute atomic E-state index is 0. The van der Waals surface area contributed by atoms with Crippen molar-refractivity contribution >= 4 is 17.9 Å². The van der Waals surface area contributed by atoms with Crippen LogP contribution in [0.25, 0.3) is 0 Å². The van der Waals surface area contributed by atoms with Gasteiger partial charge < -0.3 is 14.9 Å². The minimum Gasteiger partial charge on any atom is -0.412 e. The Balaban J connectivity index is 0.000000398. The monoisotopic (exact) mass is 388 g/mol. The standard InChI is InChI=1S/C9H8O2.C9H10O.C4H8O2.H2O/c1-7-2-4-8(5-3-7)9(11)6-10;1-7-3-5-9(6-4-7)8(2)10;1-2-6-4-3-5-1;/h2-6H,1H3;3-6H,1-2H3;1-4H2;1H2. The van der Waals surface area contributed by atoms with Crippen molar-refractivity contribution in [1.29, 1.82) is 0 Å². The van der Waals surface area contributed by atoms with E-state index >= 15 is 0 Å². The third-order valence-electron chi connectivity index (χ3n) is 3.65. The summed E-state index contributed by atoms with van der Waals surface area (Å²) in [5, 5.41) is 0. The number of Topliss-reactive ketones (excluding diaryl/α,β-unsaturated/α-hetero) is 2. The maximum Gasteiger partial charge on any atom is 0.225 e. The van der Waals surface area contributed by atoms with Gasteiger partial charge in [-0.15, -0.1) is 0 Å². The first kappa shape index (κ1) is 25.3. The fourth-order valence-corrected chi connectivity index (χ4v) is 2.01. The first-order valence-electron chi connectivity index (χ1n) is 8.73. The second-order valence-corrected chi connectivity index (χ2v) is 6.00. The Hall–Kier alpha value is -2.67. The lowest BCUT2D eigenvalue weighted by Crippen LogP contribution is -2.16. The van der Waals surface area contributed by atoms with Crippen molar-refractivity contribution in [1.82, 2.24) is 0 Å². The van der Waals surface area contributed by atoms with Crippen molar-refractivity contribution in [2.75, 3.05) is 26.4 Å². The van der Waals surface area contributed by atoms with Crippen LogP contribution in [-0.2, 0) is 14.3 Å². The summed E-state index contributed by atoms with van der Waals surface area (Å²) < 4.78 is 9.89. The van der Waals surface area contributed by atoms with Crippen molar-refractivity contribution in [3.8, 4) is 0 Å². The number of aryl methyl sites for hydroxylation is 2. The van der Waals surface area contributed by atoms with Crippen LogP contribution >= 0.6 is 0 Å². The molecule has 6 nitrogen and oxygen atoms in total. The Morgan fingerprint density at radius 2 is 1.11 bits per heavy atom. The van der Waals surface area contributed by atoms with E-state index in [-0.39, 0.29) is 11.3 Å². The molecule has 1 saturated heterocycles. The van der Waals surface area contributed by atoms with Crippen molar-refractivity contribution < 1.29 is 29.3 Å². The van der Waals surface area contributed by atoms with E-state index in [4.69, 9.17) is 9.47 Å². The van der Waals surface area contributed by atoms with Crippen molar-refractivity contribution in [2.24, 2.45) is 0 Å². The lowest BCUT2D eigenvalue weighted by Gasteiger charge is -2.09. The second kappa shape index (κ2) is 14.4. The Labute approximate surface area is 165 Å². The molecule has 2 N–H and O–H groups in total. The first-order valence-corrected chi connectivity index (χ1v) is 8.73. The van der Waals surface area contributed by atoms with E-state index in [2.05, 4.69) is 0 Å². The highest BCUT2D eigenvalue weighted by molar-refractivity contribution is 6.33. The van der Waals surface area contributed by atoms with Gasteiger partial charge in [0, 0.05) is 11.1 Å². The molecule has 0 unspecified atom stereocenters. The van der Waals surface area contributed by atoms with Crippen LogP contribution in [0.1, 0.15) is 38.8 Å². The molecule has 1 aliphatic heterocycles. The summed E-state index contributed by atoms with van der Waals surface area (Å²) in [6.07, 6.45) is 0.324. The fraction of sp³-hybridized carbons (Fsp3) is 0.318. The zero-order valence-corrected chi connectivity index (χ0v) is 16.6. The smallest absolute Gasteiger partial charge is 0.225 e. The molecule has 1 heterocycles. The van der Waals surface area contributed by atoms with Gasteiger partial charge in [-0.3, -0.25) is 14.4 Å². The molecule has 1 fully saturated rings. The maximum atomic E-state index is 10.8. The molecule has 1 aliphatic rings. The molecule has 2 aromatic carbocycles. The number of ketones is 2. The lowest BCUT2D eigenvalue weighted by molar-refractivity contribution is -0.104. The number of rotatable bonds is 3. The first-order chi connectivity index (χ1) is 12.9. The normalized spacial score (nSPS) is 12.1. The van der Waals surface area contributed by atoms with E-state index in [1.54, 1.807) is 31.2 Å². The van der Waals surface area contributed by atoms with Gasteiger partial charge in [0.15, 0.2) is 12.1 Å². The van der Waals surface area contributed by atoms with Crippen LogP contribution in [-0.4, -0.2) is 49.8 Å². The molecule has 2 aromatic rings. The summed E-state index contributed by atoms with van der Waals surface area (Å²) in [4.78, 5) is 31.6. The summed E-state index contributed by atoms with van der Waals surface area (Å²) in [6.45, 7) is 8.61. The molecule has 0 aromatic heterocycles. The molecule has 0 radical (unpaired) electrons. The van der Waals surface area contributed by atoms with Gasteiger partial charge in [-0.2, -0.15) is 0 Å². The number of benzene rings is 2. The van der Waals surface area contributed by atoms with E-state index in [0.717, 1.165) is 37.6 Å². The van der Waals surface area contributed by atoms with Crippen LogP contribution in [0.3, 0.4) is 0 Å². The molecule has 0 saturated carbocycles. The molecule has 0 aliphatic carbocycles. The molecule has 0 spiro atoms. The molecule has 3 rings (SSSR count). The van der Waals surface area contributed by atoms with Crippen LogP contribution in [0.2, 0.25) is 0 Å². The Bertz CT molecular complexity index is 704. The molecule has 0 atom stereocenters. The summed E-state index contributed by atoms with van der Waals surface area (Å²) in [5.41, 5.74) is 3.49. The molecule has 0 amide bonds. The van der Waals surface area contributed by atoms with Crippen LogP contribution in [0.4, 0.5) is 0 Å². The summed E-state index contributed by atoms with van der Waals surface area (Å²) in [5.74, 6) is -0.343.